The fourth-order valence-electron chi connectivity index (χ4n) is 0.760. The Balaban J connectivity index is 3.05. The summed E-state index contributed by atoms with van der Waals surface area (Å²) in [6.07, 6.45) is 4.01. The number of hydrogen-bond acceptors (Lipinski definition) is 2. The Hall–Kier alpha value is -0.0500. The van der Waals surface area contributed by atoms with Crippen molar-refractivity contribution in [2.75, 3.05) is 39.1 Å². The number of hydrogen-bond donors (Lipinski definition) is 1. The van der Waals surface area contributed by atoms with Crippen LogP contribution < -0.4 is 5.32 Å². The van der Waals surface area contributed by atoms with Gasteiger partial charge in [0.15, 0.2) is 0 Å². The molecule has 0 rings (SSSR count). The Labute approximate surface area is 80.6 Å². The van der Waals surface area contributed by atoms with Crippen LogP contribution in [0.4, 0.5) is 0 Å². The predicted octanol–water partition coefficient (Wildman–Crippen LogP) is 1.32. The molecule has 0 aliphatic rings. The molecule has 1 N–H and O–H groups in total. The number of likely N-dealkylation sites (N-methyl/N-ethyl adjacent to an activating group) is 1. The summed E-state index contributed by atoms with van der Waals surface area (Å²) in [5, 5.41) is 3.30. The van der Waals surface area contributed by atoms with Crippen molar-refractivity contribution in [2.45, 2.75) is 6.92 Å². The molecule has 3 heteroatoms. The number of halogens is 1. The molecule has 2 nitrogen and oxygen atoms in total. The lowest BCUT2D eigenvalue weighted by molar-refractivity contribution is 0.352. The zero-order valence-electron chi connectivity index (χ0n) is 8.02. The van der Waals surface area contributed by atoms with E-state index in [4.69, 9.17) is 11.6 Å². The third kappa shape index (κ3) is 8.05. The molecule has 0 saturated heterocycles. The molecule has 0 aromatic heterocycles. The van der Waals surface area contributed by atoms with Crippen LogP contribution in [0, 0.1) is 0 Å². The maximum absolute atomic E-state index is 5.46. The fourth-order valence-corrected chi connectivity index (χ4v) is 0.886. The average Bonchev–Trinajstić information content (AvgIpc) is 2.10. The lowest BCUT2D eigenvalue weighted by Crippen LogP contribution is -2.29. The lowest BCUT2D eigenvalue weighted by Gasteiger charge is -2.13. The Morgan fingerprint density at radius 2 is 2.17 bits per heavy atom. The number of alkyl halides is 1. The van der Waals surface area contributed by atoms with Gasteiger partial charge >= 0.3 is 0 Å². The van der Waals surface area contributed by atoms with Gasteiger partial charge < -0.3 is 10.2 Å². The van der Waals surface area contributed by atoms with E-state index in [2.05, 4.69) is 30.3 Å². The molecule has 0 amide bonds. The highest BCUT2D eigenvalue weighted by Gasteiger charge is 1.90. The first-order valence-electron chi connectivity index (χ1n) is 4.41. The van der Waals surface area contributed by atoms with Crippen molar-refractivity contribution in [3.8, 4) is 0 Å². The van der Waals surface area contributed by atoms with Crippen LogP contribution in [0.5, 0.6) is 0 Å². The Bertz CT molecular complexity index is 115. The van der Waals surface area contributed by atoms with E-state index in [1.165, 1.54) is 0 Å². The molecule has 0 bridgehead atoms. The van der Waals surface area contributed by atoms with E-state index >= 15 is 0 Å². The van der Waals surface area contributed by atoms with Crippen LogP contribution in [0.2, 0.25) is 0 Å². The van der Waals surface area contributed by atoms with Gasteiger partial charge in [0.1, 0.15) is 0 Å². The molecule has 72 valence electrons. The first kappa shape index (κ1) is 11.9. The maximum Gasteiger partial charge on any atom is 0.0404 e. The van der Waals surface area contributed by atoms with E-state index in [0.29, 0.717) is 5.88 Å². The molecule has 0 saturated carbocycles. The molecule has 0 aromatic rings. The molecule has 0 radical (unpaired) electrons. The van der Waals surface area contributed by atoms with E-state index < -0.39 is 0 Å². The smallest absolute Gasteiger partial charge is 0.0404 e. The average molecular weight is 191 g/mol. The van der Waals surface area contributed by atoms with Crippen molar-refractivity contribution in [1.29, 1.82) is 0 Å². The molecule has 0 spiro atoms. The summed E-state index contributed by atoms with van der Waals surface area (Å²) in [5.41, 5.74) is 0. The van der Waals surface area contributed by atoms with Crippen LogP contribution in [-0.4, -0.2) is 44.0 Å². The minimum atomic E-state index is 0.608. The number of rotatable bonds is 7. The van der Waals surface area contributed by atoms with Crippen LogP contribution >= 0.6 is 11.6 Å². The molecule has 0 unspecified atom stereocenters. The summed E-state index contributed by atoms with van der Waals surface area (Å²) in [7, 11) is 2.12. The number of nitrogens with zero attached hydrogens (tertiary/aromatic N) is 1. The van der Waals surface area contributed by atoms with E-state index in [-0.39, 0.29) is 0 Å². The third-order valence-electron chi connectivity index (χ3n) is 1.73. The first-order valence-corrected chi connectivity index (χ1v) is 4.95. The SMILES string of the molecule is CCN(C)CCNC/C=C/CCl. The van der Waals surface area contributed by atoms with Crippen molar-refractivity contribution >= 4 is 11.6 Å². The van der Waals surface area contributed by atoms with Gasteiger partial charge in [-0.25, -0.2) is 0 Å². The summed E-state index contributed by atoms with van der Waals surface area (Å²) < 4.78 is 0. The molecule has 0 heterocycles. The van der Waals surface area contributed by atoms with E-state index in [9.17, 15) is 0 Å². The maximum atomic E-state index is 5.46. The van der Waals surface area contributed by atoms with Crippen molar-refractivity contribution in [1.82, 2.24) is 10.2 Å². The van der Waals surface area contributed by atoms with Gasteiger partial charge in [0.05, 0.1) is 0 Å². The van der Waals surface area contributed by atoms with Crippen molar-refractivity contribution < 1.29 is 0 Å². The standard InChI is InChI=1S/C9H19ClN2/c1-3-12(2)9-8-11-7-5-4-6-10/h4-5,11H,3,6-9H2,1-2H3/b5-4+. The highest BCUT2D eigenvalue weighted by molar-refractivity contribution is 6.18. The van der Waals surface area contributed by atoms with E-state index in [1.54, 1.807) is 0 Å². The summed E-state index contributed by atoms with van der Waals surface area (Å²) >= 11 is 5.46. The Kier molecular flexibility index (Phi) is 9.00. The summed E-state index contributed by atoms with van der Waals surface area (Å²) in [6, 6.07) is 0. The monoisotopic (exact) mass is 190 g/mol. The predicted molar refractivity (Wildman–Crippen MR) is 55.9 cm³/mol. The molecule has 0 aromatic carbocycles. The summed E-state index contributed by atoms with van der Waals surface area (Å²) in [5.74, 6) is 0.608. The minimum Gasteiger partial charge on any atom is -0.312 e. The van der Waals surface area contributed by atoms with Crippen LogP contribution in [0.15, 0.2) is 12.2 Å². The van der Waals surface area contributed by atoms with Gasteiger partial charge in [-0.1, -0.05) is 19.1 Å². The van der Waals surface area contributed by atoms with E-state index in [1.807, 2.05) is 6.08 Å². The quantitative estimate of drug-likeness (QED) is 0.370. The van der Waals surface area contributed by atoms with Gasteiger partial charge in [-0.3, -0.25) is 0 Å². The minimum absolute atomic E-state index is 0.608. The van der Waals surface area contributed by atoms with Crippen molar-refractivity contribution in [3.05, 3.63) is 12.2 Å². The molecule has 12 heavy (non-hydrogen) atoms. The van der Waals surface area contributed by atoms with Gasteiger partial charge in [0.2, 0.25) is 0 Å². The second-order valence-corrected chi connectivity index (χ2v) is 3.03. The second kappa shape index (κ2) is 9.04. The molecule has 0 atom stereocenters. The van der Waals surface area contributed by atoms with Gasteiger partial charge in [-0.05, 0) is 13.6 Å². The first-order chi connectivity index (χ1) is 5.81. The Morgan fingerprint density at radius 3 is 2.75 bits per heavy atom. The van der Waals surface area contributed by atoms with Crippen LogP contribution in [0.3, 0.4) is 0 Å². The van der Waals surface area contributed by atoms with Crippen LogP contribution in [0.25, 0.3) is 0 Å². The largest absolute Gasteiger partial charge is 0.312 e. The van der Waals surface area contributed by atoms with Crippen molar-refractivity contribution in [3.63, 3.8) is 0 Å². The van der Waals surface area contributed by atoms with Crippen molar-refractivity contribution in [2.24, 2.45) is 0 Å². The third-order valence-corrected chi connectivity index (χ3v) is 1.91. The number of allylic oxidation sites excluding steroid dienone is 1. The zero-order chi connectivity index (χ0) is 9.23. The lowest BCUT2D eigenvalue weighted by atomic mass is 10.5. The molecular weight excluding hydrogens is 172 g/mol. The highest BCUT2D eigenvalue weighted by Crippen LogP contribution is 1.79. The van der Waals surface area contributed by atoms with Gasteiger partial charge in [0.25, 0.3) is 0 Å². The zero-order valence-corrected chi connectivity index (χ0v) is 8.77. The highest BCUT2D eigenvalue weighted by atomic mass is 35.5. The molecular formula is C9H19ClN2. The topological polar surface area (TPSA) is 15.3 Å². The Morgan fingerprint density at radius 1 is 1.42 bits per heavy atom. The van der Waals surface area contributed by atoms with Crippen LogP contribution in [-0.2, 0) is 0 Å². The second-order valence-electron chi connectivity index (χ2n) is 2.73. The normalized spacial score (nSPS) is 11.7. The molecule has 0 aliphatic heterocycles. The van der Waals surface area contributed by atoms with Gasteiger partial charge in [-0.15, -0.1) is 11.6 Å². The molecule has 0 fully saturated rings. The van der Waals surface area contributed by atoms with E-state index in [0.717, 1.165) is 26.2 Å². The fraction of sp³-hybridized carbons (Fsp3) is 0.778. The molecule has 0 aliphatic carbocycles. The van der Waals surface area contributed by atoms with Crippen LogP contribution in [0.1, 0.15) is 6.92 Å². The summed E-state index contributed by atoms with van der Waals surface area (Å²) in [4.78, 5) is 2.28. The van der Waals surface area contributed by atoms with Gasteiger partial charge in [0, 0.05) is 25.5 Å². The van der Waals surface area contributed by atoms with Gasteiger partial charge in [-0.2, -0.15) is 0 Å². The number of nitrogens with one attached hydrogen (secondary N) is 1. The summed E-state index contributed by atoms with van der Waals surface area (Å²) in [6.45, 7) is 6.33.